The Kier molecular flexibility index (Phi) is 5.55. The number of nitrogens with one attached hydrogen (secondary N) is 1. The van der Waals surface area contributed by atoms with Crippen molar-refractivity contribution < 1.29 is 9.59 Å². The lowest BCUT2D eigenvalue weighted by Crippen LogP contribution is -2.53. The van der Waals surface area contributed by atoms with E-state index in [1.54, 1.807) is 0 Å². The van der Waals surface area contributed by atoms with E-state index in [1.165, 1.54) is 0 Å². The third-order valence-electron chi connectivity index (χ3n) is 4.20. The van der Waals surface area contributed by atoms with E-state index in [0.29, 0.717) is 12.3 Å². The molecule has 0 spiro atoms. The Morgan fingerprint density at radius 3 is 2.47 bits per heavy atom. The second-order valence-corrected chi connectivity index (χ2v) is 5.99. The Bertz CT molecular complexity index is 329. The van der Waals surface area contributed by atoms with Crippen molar-refractivity contribution in [3.63, 3.8) is 0 Å². The van der Waals surface area contributed by atoms with Crippen LogP contribution < -0.4 is 5.32 Å². The summed E-state index contributed by atoms with van der Waals surface area (Å²) in [6.45, 7) is 1.32. The average molecular weight is 284 g/mol. The summed E-state index contributed by atoms with van der Waals surface area (Å²) in [5.41, 5.74) is 0. The highest BCUT2D eigenvalue weighted by Gasteiger charge is 2.35. The summed E-state index contributed by atoms with van der Waals surface area (Å²) >= 11 is 4.10. The summed E-state index contributed by atoms with van der Waals surface area (Å²) in [5, 5.41) is 2.87. The first-order valence-corrected chi connectivity index (χ1v) is 8.06. The Balaban J connectivity index is 1.98. The summed E-state index contributed by atoms with van der Waals surface area (Å²) in [4.78, 5) is 26.5. The van der Waals surface area contributed by atoms with Crippen molar-refractivity contribution in [1.29, 1.82) is 0 Å². The van der Waals surface area contributed by atoms with Crippen LogP contribution in [-0.2, 0) is 9.59 Å². The molecule has 1 unspecified atom stereocenters. The molecule has 1 saturated carbocycles. The van der Waals surface area contributed by atoms with Crippen molar-refractivity contribution in [2.45, 2.75) is 51.0 Å². The minimum absolute atomic E-state index is 0.0000898. The van der Waals surface area contributed by atoms with Crippen molar-refractivity contribution in [2.24, 2.45) is 5.92 Å². The van der Waals surface area contributed by atoms with Crippen LogP contribution in [0.25, 0.3) is 0 Å². The molecule has 2 rings (SSSR count). The van der Waals surface area contributed by atoms with Crippen molar-refractivity contribution in [3.8, 4) is 0 Å². The van der Waals surface area contributed by atoms with Gasteiger partial charge in [-0.3, -0.25) is 9.59 Å². The fraction of sp³-hybridized carbons (Fsp3) is 0.857. The minimum Gasteiger partial charge on any atom is -0.353 e. The predicted molar refractivity (Wildman–Crippen MR) is 78.2 cm³/mol. The zero-order valence-electron chi connectivity index (χ0n) is 11.4. The summed E-state index contributed by atoms with van der Waals surface area (Å²) < 4.78 is 0. The number of carbonyl (C=O) groups is 2. The van der Waals surface area contributed by atoms with Gasteiger partial charge in [-0.05, 0) is 32.1 Å². The first kappa shape index (κ1) is 14.7. The molecule has 1 heterocycles. The molecular weight excluding hydrogens is 260 g/mol. The number of likely N-dealkylation sites (tertiary alicyclic amines) is 1. The molecule has 1 N–H and O–H groups in total. The van der Waals surface area contributed by atoms with Crippen LogP contribution in [0.4, 0.5) is 0 Å². The van der Waals surface area contributed by atoms with E-state index in [1.807, 2.05) is 4.90 Å². The molecule has 1 atom stereocenters. The van der Waals surface area contributed by atoms with Gasteiger partial charge in [0.05, 0.1) is 0 Å². The van der Waals surface area contributed by atoms with Gasteiger partial charge in [0.25, 0.3) is 0 Å². The quantitative estimate of drug-likeness (QED) is 0.771. The fourth-order valence-corrected chi connectivity index (χ4v) is 3.28. The van der Waals surface area contributed by atoms with Gasteiger partial charge in [-0.2, -0.15) is 12.6 Å². The number of thiol groups is 1. The zero-order chi connectivity index (χ0) is 13.7. The number of rotatable bonds is 4. The molecule has 1 saturated heterocycles. The molecule has 19 heavy (non-hydrogen) atoms. The molecule has 108 valence electrons. The number of amides is 2. The van der Waals surface area contributed by atoms with Crippen LogP contribution in [0.1, 0.15) is 44.9 Å². The van der Waals surface area contributed by atoms with Crippen molar-refractivity contribution >= 4 is 24.4 Å². The monoisotopic (exact) mass is 284 g/mol. The van der Waals surface area contributed by atoms with Gasteiger partial charge in [0.15, 0.2) is 0 Å². The van der Waals surface area contributed by atoms with Crippen molar-refractivity contribution in [2.75, 3.05) is 18.8 Å². The topological polar surface area (TPSA) is 49.4 Å². The highest BCUT2D eigenvalue weighted by Crippen LogP contribution is 2.29. The molecule has 1 aliphatic heterocycles. The Morgan fingerprint density at radius 1 is 1.11 bits per heavy atom. The van der Waals surface area contributed by atoms with Crippen LogP contribution in [0.3, 0.4) is 0 Å². The summed E-state index contributed by atoms with van der Waals surface area (Å²) in [6.07, 6.45) is 7.17. The number of hydrogen-bond acceptors (Lipinski definition) is 3. The third kappa shape index (κ3) is 3.65. The molecule has 4 nitrogen and oxygen atoms in total. The average Bonchev–Trinajstić information content (AvgIpc) is 2.98. The lowest BCUT2D eigenvalue weighted by molar-refractivity contribution is -0.145. The molecule has 1 aliphatic carbocycles. The number of hydrogen-bond donors (Lipinski definition) is 2. The van der Waals surface area contributed by atoms with E-state index in [4.69, 9.17) is 0 Å². The van der Waals surface area contributed by atoms with Crippen molar-refractivity contribution in [3.05, 3.63) is 0 Å². The smallest absolute Gasteiger partial charge is 0.242 e. The molecule has 2 aliphatic rings. The highest BCUT2D eigenvalue weighted by molar-refractivity contribution is 7.80. The maximum absolute atomic E-state index is 12.5. The molecule has 2 fully saturated rings. The zero-order valence-corrected chi connectivity index (χ0v) is 12.3. The standard InChI is InChI=1S/C14H24N2O2S/c17-13(15-8-10-19)12-7-3-4-9-16(12)14(18)11-5-1-2-6-11/h11-12,19H,1-10H2,(H,15,17). The highest BCUT2D eigenvalue weighted by atomic mass is 32.1. The van der Waals surface area contributed by atoms with E-state index in [0.717, 1.165) is 51.5 Å². The first-order chi connectivity index (χ1) is 9.24. The van der Waals surface area contributed by atoms with E-state index in [9.17, 15) is 9.59 Å². The van der Waals surface area contributed by atoms with Crippen LogP contribution in [0.5, 0.6) is 0 Å². The van der Waals surface area contributed by atoms with Gasteiger partial charge in [0.2, 0.25) is 11.8 Å². The van der Waals surface area contributed by atoms with E-state index < -0.39 is 0 Å². The molecule has 0 aromatic heterocycles. The molecule has 0 bridgehead atoms. The maximum Gasteiger partial charge on any atom is 0.242 e. The fourth-order valence-electron chi connectivity index (χ4n) is 3.17. The molecule has 0 aromatic carbocycles. The van der Waals surface area contributed by atoms with E-state index in [-0.39, 0.29) is 23.8 Å². The number of piperidine rings is 1. The largest absolute Gasteiger partial charge is 0.353 e. The summed E-state index contributed by atoms with van der Waals surface area (Å²) in [7, 11) is 0. The lowest BCUT2D eigenvalue weighted by atomic mass is 9.97. The van der Waals surface area contributed by atoms with Crippen molar-refractivity contribution in [1.82, 2.24) is 10.2 Å². The number of carbonyl (C=O) groups excluding carboxylic acids is 2. The normalized spacial score (nSPS) is 24.5. The second kappa shape index (κ2) is 7.17. The summed E-state index contributed by atoms with van der Waals surface area (Å²) in [6, 6.07) is -0.248. The summed E-state index contributed by atoms with van der Waals surface area (Å²) in [5.74, 6) is 1.01. The van der Waals surface area contributed by atoms with Gasteiger partial charge in [-0.15, -0.1) is 0 Å². The third-order valence-corrected chi connectivity index (χ3v) is 4.43. The maximum atomic E-state index is 12.5. The van der Waals surface area contributed by atoms with Gasteiger partial charge < -0.3 is 10.2 Å². The van der Waals surface area contributed by atoms with Gasteiger partial charge in [-0.1, -0.05) is 12.8 Å². The van der Waals surface area contributed by atoms with E-state index in [2.05, 4.69) is 17.9 Å². The molecule has 0 radical (unpaired) electrons. The SMILES string of the molecule is O=C(NCCS)C1CCCCN1C(=O)C1CCCC1. The Morgan fingerprint density at radius 2 is 1.79 bits per heavy atom. The molecule has 2 amide bonds. The first-order valence-electron chi connectivity index (χ1n) is 7.43. The van der Waals surface area contributed by atoms with Crippen LogP contribution in [0.2, 0.25) is 0 Å². The Hall–Kier alpha value is -0.710. The van der Waals surface area contributed by atoms with Crippen LogP contribution in [0.15, 0.2) is 0 Å². The van der Waals surface area contributed by atoms with Gasteiger partial charge in [0, 0.05) is 24.8 Å². The van der Waals surface area contributed by atoms with Gasteiger partial charge in [-0.25, -0.2) is 0 Å². The van der Waals surface area contributed by atoms with Crippen LogP contribution in [-0.4, -0.2) is 41.6 Å². The Labute approximate surface area is 120 Å². The van der Waals surface area contributed by atoms with E-state index >= 15 is 0 Å². The molecule has 5 heteroatoms. The van der Waals surface area contributed by atoms with Crippen LogP contribution in [0, 0.1) is 5.92 Å². The van der Waals surface area contributed by atoms with Crippen LogP contribution >= 0.6 is 12.6 Å². The van der Waals surface area contributed by atoms with Gasteiger partial charge >= 0.3 is 0 Å². The van der Waals surface area contributed by atoms with Gasteiger partial charge in [0.1, 0.15) is 6.04 Å². The lowest BCUT2D eigenvalue weighted by Gasteiger charge is -2.36. The molecule has 0 aromatic rings. The number of nitrogens with zero attached hydrogens (tertiary/aromatic N) is 1. The molecular formula is C14H24N2O2S. The second-order valence-electron chi connectivity index (χ2n) is 5.54. The minimum atomic E-state index is -0.248. The predicted octanol–water partition coefficient (Wildman–Crippen LogP) is 1.60.